The lowest BCUT2D eigenvalue weighted by Gasteiger charge is -2.28. The molecule has 2 unspecified atom stereocenters. The minimum Gasteiger partial charge on any atom is -0.370 e. The lowest BCUT2D eigenvalue weighted by atomic mass is 10.1. The lowest BCUT2D eigenvalue weighted by molar-refractivity contribution is 0.609. The van der Waals surface area contributed by atoms with Crippen LogP contribution in [0.3, 0.4) is 0 Å². The molecule has 0 heterocycles. The zero-order valence-corrected chi connectivity index (χ0v) is 11.5. The summed E-state index contributed by atoms with van der Waals surface area (Å²) in [5, 5.41) is 0.801. The minimum absolute atomic E-state index is 0.0349. The van der Waals surface area contributed by atoms with Gasteiger partial charge in [0.1, 0.15) is 0 Å². The minimum atomic E-state index is 0.0349. The molecule has 2 N–H and O–H groups in total. The fourth-order valence-corrected chi connectivity index (χ4v) is 2.53. The highest BCUT2D eigenvalue weighted by molar-refractivity contribution is 6.33. The number of halogens is 1. The first-order chi connectivity index (χ1) is 8.00. The van der Waals surface area contributed by atoms with Gasteiger partial charge in [-0.3, -0.25) is 0 Å². The summed E-state index contributed by atoms with van der Waals surface area (Å²) >= 11 is 6.34. The smallest absolute Gasteiger partial charge is 0.0642 e. The molecule has 1 saturated carbocycles. The van der Waals surface area contributed by atoms with Crippen LogP contribution in [-0.4, -0.2) is 13.1 Å². The molecule has 1 fully saturated rings. The number of rotatable bonds is 4. The van der Waals surface area contributed by atoms with Crippen molar-refractivity contribution in [2.24, 2.45) is 11.7 Å². The number of hydrogen-bond donors (Lipinski definition) is 1. The predicted molar refractivity (Wildman–Crippen MR) is 74.6 cm³/mol. The third-order valence-electron chi connectivity index (χ3n) is 3.79. The first-order valence-corrected chi connectivity index (χ1v) is 6.66. The highest BCUT2D eigenvalue weighted by Crippen LogP contribution is 2.38. The second-order valence-electron chi connectivity index (χ2n) is 5.19. The van der Waals surface area contributed by atoms with Crippen LogP contribution in [0.2, 0.25) is 5.02 Å². The molecule has 1 aromatic rings. The lowest BCUT2D eigenvalue weighted by Crippen LogP contribution is -2.30. The SMILES string of the molecule is CC(N)c1ccc(N(C)C(C)C2CC2)c(Cl)c1. The highest BCUT2D eigenvalue weighted by atomic mass is 35.5. The van der Waals surface area contributed by atoms with Crippen LogP contribution < -0.4 is 10.6 Å². The van der Waals surface area contributed by atoms with E-state index in [1.54, 1.807) is 0 Å². The van der Waals surface area contributed by atoms with Gasteiger partial charge >= 0.3 is 0 Å². The Morgan fingerprint density at radius 2 is 2.00 bits per heavy atom. The maximum atomic E-state index is 6.34. The van der Waals surface area contributed by atoms with E-state index >= 15 is 0 Å². The van der Waals surface area contributed by atoms with Crippen molar-refractivity contribution in [1.29, 1.82) is 0 Å². The highest BCUT2D eigenvalue weighted by Gasteiger charge is 2.31. The van der Waals surface area contributed by atoms with Crippen molar-refractivity contribution in [3.8, 4) is 0 Å². The van der Waals surface area contributed by atoms with Gasteiger partial charge in [-0.1, -0.05) is 17.7 Å². The average Bonchev–Trinajstić information content (AvgIpc) is 3.10. The quantitative estimate of drug-likeness (QED) is 0.887. The average molecular weight is 253 g/mol. The van der Waals surface area contributed by atoms with Crippen LogP contribution in [0.5, 0.6) is 0 Å². The molecule has 94 valence electrons. The van der Waals surface area contributed by atoms with E-state index in [-0.39, 0.29) is 6.04 Å². The Hall–Kier alpha value is -0.730. The molecule has 2 rings (SSSR count). The molecule has 2 atom stereocenters. The largest absolute Gasteiger partial charge is 0.370 e. The number of benzene rings is 1. The third kappa shape index (κ3) is 2.75. The molecule has 0 bridgehead atoms. The Morgan fingerprint density at radius 1 is 1.35 bits per heavy atom. The van der Waals surface area contributed by atoms with Crippen molar-refractivity contribution in [1.82, 2.24) is 0 Å². The van der Waals surface area contributed by atoms with Crippen LogP contribution >= 0.6 is 11.6 Å². The first-order valence-electron chi connectivity index (χ1n) is 6.28. The molecule has 2 nitrogen and oxygen atoms in total. The number of hydrogen-bond acceptors (Lipinski definition) is 2. The molecule has 1 aliphatic carbocycles. The molecule has 3 heteroatoms. The van der Waals surface area contributed by atoms with Crippen LogP contribution in [0.25, 0.3) is 0 Å². The predicted octanol–water partition coefficient (Wildman–Crippen LogP) is 3.59. The summed E-state index contributed by atoms with van der Waals surface area (Å²) < 4.78 is 0. The molecule has 0 radical (unpaired) electrons. The summed E-state index contributed by atoms with van der Waals surface area (Å²) in [6, 6.07) is 6.74. The maximum absolute atomic E-state index is 6.34. The fraction of sp³-hybridized carbons (Fsp3) is 0.571. The van der Waals surface area contributed by atoms with E-state index in [4.69, 9.17) is 17.3 Å². The van der Waals surface area contributed by atoms with Crippen molar-refractivity contribution in [2.75, 3.05) is 11.9 Å². The van der Waals surface area contributed by atoms with Gasteiger partial charge in [-0.15, -0.1) is 0 Å². The van der Waals surface area contributed by atoms with E-state index in [1.165, 1.54) is 12.8 Å². The number of anilines is 1. The van der Waals surface area contributed by atoms with Gasteiger partial charge in [0, 0.05) is 19.1 Å². The normalized spacial score (nSPS) is 18.9. The fourth-order valence-electron chi connectivity index (χ4n) is 2.21. The molecule has 17 heavy (non-hydrogen) atoms. The van der Waals surface area contributed by atoms with E-state index in [9.17, 15) is 0 Å². The van der Waals surface area contributed by atoms with Gasteiger partial charge in [0.2, 0.25) is 0 Å². The molecule has 0 saturated heterocycles. The molecular formula is C14H21ClN2. The third-order valence-corrected chi connectivity index (χ3v) is 4.10. The Bertz CT molecular complexity index is 399. The van der Waals surface area contributed by atoms with Crippen molar-refractivity contribution >= 4 is 17.3 Å². The summed E-state index contributed by atoms with van der Waals surface area (Å²) in [7, 11) is 2.12. The van der Waals surface area contributed by atoms with E-state index in [1.807, 2.05) is 13.0 Å². The molecule has 1 aromatic carbocycles. The summed E-state index contributed by atoms with van der Waals surface area (Å²) in [4.78, 5) is 2.28. The summed E-state index contributed by atoms with van der Waals surface area (Å²) in [5.41, 5.74) is 8.05. The van der Waals surface area contributed by atoms with Gasteiger partial charge in [0.15, 0.2) is 0 Å². The van der Waals surface area contributed by atoms with Crippen molar-refractivity contribution in [3.05, 3.63) is 28.8 Å². The van der Waals surface area contributed by atoms with E-state index in [2.05, 4.69) is 31.0 Å². The van der Waals surface area contributed by atoms with Gasteiger partial charge in [0.05, 0.1) is 10.7 Å². The summed E-state index contributed by atoms with van der Waals surface area (Å²) in [6.07, 6.45) is 2.70. The Morgan fingerprint density at radius 3 is 2.47 bits per heavy atom. The summed E-state index contributed by atoms with van der Waals surface area (Å²) in [5.74, 6) is 0.837. The topological polar surface area (TPSA) is 29.3 Å². The van der Waals surface area contributed by atoms with Crippen LogP contribution in [0.1, 0.15) is 38.3 Å². The second-order valence-corrected chi connectivity index (χ2v) is 5.60. The Kier molecular flexibility index (Phi) is 3.64. The molecule has 0 amide bonds. The van der Waals surface area contributed by atoms with E-state index in [0.29, 0.717) is 6.04 Å². The van der Waals surface area contributed by atoms with Crippen molar-refractivity contribution in [2.45, 2.75) is 38.8 Å². The second kappa shape index (κ2) is 4.87. The van der Waals surface area contributed by atoms with Crippen molar-refractivity contribution in [3.63, 3.8) is 0 Å². The number of nitrogens with zero attached hydrogens (tertiary/aromatic N) is 1. The monoisotopic (exact) mass is 252 g/mol. The van der Waals surface area contributed by atoms with Crippen molar-refractivity contribution < 1.29 is 0 Å². The molecular weight excluding hydrogens is 232 g/mol. The zero-order chi connectivity index (χ0) is 12.6. The van der Waals surface area contributed by atoms with Gasteiger partial charge < -0.3 is 10.6 Å². The molecule has 0 aromatic heterocycles. The van der Waals surface area contributed by atoms with E-state index in [0.717, 1.165) is 22.2 Å². The maximum Gasteiger partial charge on any atom is 0.0642 e. The van der Waals surface area contributed by atoms with E-state index < -0.39 is 0 Å². The van der Waals surface area contributed by atoms with Gasteiger partial charge in [-0.05, 0) is 50.3 Å². The Labute approximate surface area is 109 Å². The number of nitrogens with two attached hydrogens (primary N) is 1. The molecule has 1 aliphatic rings. The molecule has 0 spiro atoms. The van der Waals surface area contributed by atoms with Gasteiger partial charge in [-0.2, -0.15) is 0 Å². The molecule has 0 aliphatic heterocycles. The van der Waals surface area contributed by atoms with Crippen LogP contribution in [0.4, 0.5) is 5.69 Å². The first kappa shape index (κ1) is 12.7. The zero-order valence-electron chi connectivity index (χ0n) is 10.8. The van der Waals surface area contributed by atoms with Gasteiger partial charge in [0.25, 0.3) is 0 Å². The van der Waals surface area contributed by atoms with Crippen LogP contribution in [0.15, 0.2) is 18.2 Å². The van der Waals surface area contributed by atoms with Crippen LogP contribution in [-0.2, 0) is 0 Å². The van der Waals surface area contributed by atoms with Crippen LogP contribution in [0, 0.1) is 5.92 Å². The standard InChI is InChI=1S/C14H21ClN2/c1-9(16)12-6-7-14(13(15)8-12)17(3)10(2)11-4-5-11/h6-11H,4-5,16H2,1-3H3. The van der Waals surface area contributed by atoms with Gasteiger partial charge in [-0.25, -0.2) is 0 Å². The summed E-state index contributed by atoms with van der Waals surface area (Å²) in [6.45, 7) is 4.25. The Balaban J connectivity index is 2.20.